The molecule has 8 heteroatoms. The Morgan fingerprint density at radius 3 is 2.74 bits per heavy atom. The molecule has 1 fully saturated rings. The van der Waals surface area contributed by atoms with Gasteiger partial charge < -0.3 is 15.4 Å². The predicted molar refractivity (Wildman–Crippen MR) is 95.2 cm³/mol. The summed E-state index contributed by atoms with van der Waals surface area (Å²) in [6, 6.07) is -0.407. The largest absolute Gasteiger partial charge is 0.373 e. The standard InChI is InChI=1S/C15H26N4O2.2ClH/c1-11(2)6-14(16)15(20)18-4-5-21-13(9-18)10-19-8-12(3)7-17-19;;/h7-8,11,13-14H,4-6,9-10,16H2,1-3H3;2*1H/t13?,14-;;/m0../s1. The number of carbonyl (C=O) groups is 1. The van der Waals surface area contributed by atoms with E-state index in [1.807, 2.05) is 28.9 Å². The number of hydrogen-bond donors (Lipinski definition) is 1. The lowest BCUT2D eigenvalue weighted by molar-refractivity contribution is -0.141. The molecule has 1 aromatic heterocycles. The summed E-state index contributed by atoms with van der Waals surface area (Å²) in [5, 5.41) is 4.26. The molecule has 6 nitrogen and oxygen atoms in total. The molecule has 0 saturated carbocycles. The third-order valence-corrected chi connectivity index (χ3v) is 3.65. The fourth-order valence-electron chi connectivity index (χ4n) is 2.65. The van der Waals surface area contributed by atoms with Gasteiger partial charge in [0.2, 0.25) is 5.91 Å². The highest BCUT2D eigenvalue weighted by Gasteiger charge is 2.28. The molecule has 2 heterocycles. The van der Waals surface area contributed by atoms with Gasteiger partial charge in [0.1, 0.15) is 0 Å². The molecule has 0 aromatic carbocycles. The van der Waals surface area contributed by atoms with Crippen LogP contribution in [-0.2, 0) is 16.1 Å². The van der Waals surface area contributed by atoms with E-state index in [0.717, 1.165) is 12.0 Å². The Bertz CT molecular complexity index is 482. The SMILES string of the molecule is Cc1cnn(CC2CN(C(=O)[C@@H](N)CC(C)C)CCO2)c1.Cl.Cl. The lowest BCUT2D eigenvalue weighted by Gasteiger charge is -2.34. The number of nitrogens with zero attached hydrogens (tertiary/aromatic N) is 3. The van der Waals surface area contributed by atoms with Crippen LogP contribution in [0, 0.1) is 12.8 Å². The molecule has 0 radical (unpaired) electrons. The highest BCUT2D eigenvalue weighted by molar-refractivity contribution is 5.85. The van der Waals surface area contributed by atoms with Gasteiger partial charge in [-0.3, -0.25) is 9.48 Å². The fraction of sp³-hybridized carbons (Fsp3) is 0.733. The molecule has 2 N–H and O–H groups in total. The van der Waals surface area contributed by atoms with E-state index in [1.165, 1.54) is 0 Å². The van der Waals surface area contributed by atoms with Crippen molar-refractivity contribution in [2.75, 3.05) is 19.7 Å². The van der Waals surface area contributed by atoms with Crippen LogP contribution in [0.2, 0.25) is 0 Å². The quantitative estimate of drug-likeness (QED) is 0.859. The van der Waals surface area contributed by atoms with Crippen molar-refractivity contribution in [1.29, 1.82) is 0 Å². The number of halogens is 2. The summed E-state index contributed by atoms with van der Waals surface area (Å²) in [4.78, 5) is 14.2. The first-order valence-electron chi connectivity index (χ1n) is 7.60. The van der Waals surface area contributed by atoms with Crippen LogP contribution in [0.5, 0.6) is 0 Å². The molecule has 1 unspecified atom stereocenters. The minimum absolute atomic E-state index is 0. The van der Waals surface area contributed by atoms with E-state index in [4.69, 9.17) is 10.5 Å². The number of carbonyl (C=O) groups excluding carboxylic acids is 1. The maximum Gasteiger partial charge on any atom is 0.239 e. The Morgan fingerprint density at radius 2 is 2.17 bits per heavy atom. The number of amides is 1. The predicted octanol–water partition coefficient (Wildman–Crippen LogP) is 1.64. The van der Waals surface area contributed by atoms with Crippen molar-refractivity contribution < 1.29 is 9.53 Å². The Hall–Kier alpha value is -0.820. The van der Waals surface area contributed by atoms with E-state index in [9.17, 15) is 4.79 Å². The lowest BCUT2D eigenvalue weighted by Crippen LogP contribution is -2.52. The summed E-state index contributed by atoms with van der Waals surface area (Å²) in [5.41, 5.74) is 7.12. The van der Waals surface area contributed by atoms with Crippen LogP contribution < -0.4 is 5.73 Å². The van der Waals surface area contributed by atoms with E-state index in [0.29, 0.717) is 32.2 Å². The van der Waals surface area contributed by atoms with Gasteiger partial charge in [-0.15, -0.1) is 24.8 Å². The van der Waals surface area contributed by atoms with E-state index in [1.54, 1.807) is 0 Å². The molecule has 0 spiro atoms. The van der Waals surface area contributed by atoms with Crippen LogP contribution >= 0.6 is 24.8 Å². The molecule has 0 aliphatic carbocycles. The molecule has 2 atom stereocenters. The van der Waals surface area contributed by atoms with Gasteiger partial charge in [0.05, 0.1) is 31.5 Å². The maximum absolute atomic E-state index is 12.4. The van der Waals surface area contributed by atoms with Crippen molar-refractivity contribution in [3.8, 4) is 0 Å². The van der Waals surface area contributed by atoms with Crippen molar-refractivity contribution in [3.05, 3.63) is 18.0 Å². The average molecular weight is 367 g/mol. The highest BCUT2D eigenvalue weighted by Crippen LogP contribution is 2.12. The van der Waals surface area contributed by atoms with Crippen molar-refractivity contribution in [3.63, 3.8) is 0 Å². The summed E-state index contributed by atoms with van der Waals surface area (Å²) >= 11 is 0. The van der Waals surface area contributed by atoms with E-state index in [-0.39, 0.29) is 36.8 Å². The molecule has 1 amide bonds. The molecule has 23 heavy (non-hydrogen) atoms. The second kappa shape index (κ2) is 10.1. The summed E-state index contributed by atoms with van der Waals surface area (Å²) in [6.45, 7) is 8.60. The average Bonchev–Trinajstić information content (AvgIpc) is 2.82. The summed E-state index contributed by atoms with van der Waals surface area (Å²) in [6.07, 6.45) is 4.51. The summed E-state index contributed by atoms with van der Waals surface area (Å²) in [7, 11) is 0. The minimum atomic E-state index is -0.407. The summed E-state index contributed by atoms with van der Waals surface area (Å²) < 4.78 is 7.60. The van der Waals surface area contributed by atoms with Crippen LogP contribution in [0.3, 0.4) is 0 Å². The second-order valence-corrected chi connectivity index (χ2v) is 6.25. The molecule has 2 rings (SSSR count). The molecule has 1 aliphatic rings. The number of morpholine rings is 1. The summed E-state index contributed by atoms with van der Waals surface area (Å²) in [5.74, 6) is 0.460. The van der Waals surface area contributed by atoms with Crippen molar-refractivity contribution in [2.24, 2.45) is 11.7 Å². The van der Waals surface area contributed by atoms with E-state index >= 15 is 0 Å². The first-order valence-corrected chi connectivity index (χ1v) is 7.60. The van der Waals surface area contributed by atoms with Crippen LogP contribution in [0.15, 0.2) is 12.4 Å². The van der Waals surface area contributed by atoms with Gasteiger partial charge in [-0.05, 0) is 24.8 Å². The van der Waals surface area contributed by atoms with Crippen molar-refractivity contribution in [2.45, 2.75) is 45.9 Å². The normalized spacial score (nSPS) is 19.0. The van der Waals surface area contributed by atoms with Crippen LogP contribution in [0.25, 0.3) is 0 Å². The third-order valence-electron chi connectivity index (χ3n) is 3.65. The van der Waals surface area contributed by atoms with E-state index in [2.05, 4.69) is 18.9 Å². The molecule has 1 aromatic rings. The van der Waals surface area contributed by atoms with Crippen LogP contribution in [0.4, 0.5) is 0 Å². The first kappa shape index (κ1) is 22.2. The molecule has 1 aliphatic heterocycles. The Labute approximate surface area is 150 Å². The van der Waals surface area contributed by atoms with E-state index < -0.39 is 6.04 Å². The number of nitrogens with two attached hydrogens (primary N) is 1. The van der Waals surface area contributed by atoms with Gasteiger partial charge in [0, 0.05) is 19.3 Å². The topological polar surface area (TPSA) is 73.4 Å². The Balaban J connectivity index is 0.00000242. The highest BCUT2D eigenvalue weighted by atomic mass is 35.5. The molecule has 134 valence electrons. The monoisotopic (exact) mass is 366 g/mol. The Morgan fingerprint density at radius 1 is 1.48 bits per heavy atom. The minimum Gasteiger partial charge on any atom is -0.373 e. The first-order chi connectivity index (χ1) is 9.95. The zero-order valence-electron chi connectivity index (χ0n) is 14.0. The lowest BCUT2D eigenvalue weighted by atomic mass is 10.0. The number of ether oxygens (including phenoxy) is 1. The molecular formula is C15H28Cl2N4O2. The van der Waals surface area contributed by atoms with Gasteiger partial charge in [0.25, 0.3) is 0 Å². The number of aromatic nitrogens is 2. The van der Waals surface area contributed by atoms with Gasteiger partial charge in [-0.1, -0.05) is 13.8 Å². The fourth-order valence-corrected chi connectivity index (χ4v) is 2.65. The maximum atomic E-state index is 12.4. The zero-order chi connectivity index (χ0) is 15.4. The molecule has 1 saturated heterocycles. The number of rotatable bonds is 5. The zero-order valence-corrected chi connectivity index (χ0v) is 15.6. The molecule has 0 bridgehead atoms. The van der Waals surface area contributed by atoms with Gasteiger partial charge in [-0.2, -0.15) is 5.10 Å². The van der Waals surface area contributed by atoms with Gasteiger partial charge in [-0.25, -0.2) is 0 Å². The number of hydrogen-bond acceptors (Lipinski definition) is 4. The van der Waals surface area contributed by atoms with Crippen molar-refractivity contribution in [1.82, 2.24) is 14.7 Å². The van der Waals surface area contributed by atoms with Gasteiger partial charge >= 0.3 is 0 Å². The van der Waals surface area contributed by atoms with Crippen LogP contribution in [-0.4, -0.2) is 52.4 Å². The smallest absolute Gasteiger partial charge is 0.239 e. The van der Waals surface area contributed by atoms with Crippen molar-refractivity contribution >= 4 is 30.7 Å². The Kier molecular flexibility index (Phi) is 9.77. The second-order valence-electron chi connectivity index (χ2n) is 6.25. The third kappa shape index (κ3) is 6.67. The number of aryl methyl sites for hydroxylation is 1. The van der Waals surface area contributed by atoms with Crippen LogP contribution in [0.1, 0.15) is 25.8 Å². The van der Waals surface area contributed by atoms with Gasteiger partial charge in [0.15, 0.2) is 0 Å². The molecular weight excluding hydrogens is 339 g/mol.